The largest absolute Gasteiger partial charge is 0.573 e. The van der Waals surface area contributed by atoms with Crippen molar-refractivity contribution in [3.8, 4) is 23.3 Å². The molecule has 0 amide bonds. The molecule has 168 valence electrons. The first-order chi connectivity index (χ1) is 15.3. The summed E-state index contributed by atoms with van der Waals surface area (Å²) >= 11 is 0. The highest BCUT2D eigenvalue weighted by molar-refractivity contribution is 5.45. The van der Waals surface area contributed by atoms with E-state index in [4.69, 9.17) is 9.47 Å². The summed E-state index contributed by atoms with van der Waals surface area (Å²) in [6.07, 6.45) is -3.57. The van der Waals surface area contributed by atoms with Gasteiger partial charge in [0.25, 0.3) is 0 Å². The SMILES string of the molecule is O=[N+]([O-])c1cn2c(n1)OC[C@@H](NCc1ccc(OC(F)(F)F)c(Oc3ccccc3)c1)C2. The summed E-state index contributed by atoms with van der Waals surface area (Å²) in [6, 6.07) is 12.5. The van der Waals surface area contributed by atoms with Gasteiger partial charge in [0.05, 0.1) is 6.04 Å². The van der Waals surface area contributed by atoms with Crippen LogP contribution in [-0.2, 0) is 13.1 Å². The van der Waals surface area contributed by atoms with Gasteiger partial charge in [0, 0.05) is 18.1 Å². The minimum Gasteiger partial charge on any atom is -0.453 e. The van der Waals surface area contributed by atoms with Crippen molar-refractivity contribution in [2.24, 2.45) is 0 Å². The zero-order chi connectivity index (χ0) is 22.7. The summed E-state index contributed by atoms with van der Waals surface area (Å²) in [5.74, 6) is -0.482. The molecule has 0 aliphatic carbocycles. The topological polar surface area (TPSA) is 101 Å². The second-order valence-corrected chi connectivity index (χ2v) is 6.92. The van der Waals surface area contributed by atoms with Crippen LogP contribution in [0.2, 0.25) is 0 Å². The normalized spacial score (nSPS) is 15.5. The van der Waals surface area contributed by atoms with E-state index in [9.17, 15) is 23.3 Å². The van der Waals surface area contributed by atoms with Crippen LogP contribution in [-0.4, -0.2) is 33.5 Å². The highest BCUT2D eigenvalue weighted by Gasteiger charge is 2.33. The Morgan fingerprint density at radius 3 is 2.72 bits per heavy atom. The Morgan fingerprint density at radius 1 is 1.22 bits per heavy atom. The Kier molecular flexibility index (Phi) is 5.86. The molecule has 1 aromatic heterocycles. The van der Waals surface area contributed by atoms with Crippen LogP contribution in [0.15, 0.2) is 54.7 Å². The van der Waals surface area contributed by atoms with E-state index in [1.165, 1.54) is 29.0 Å². The molecule has 1 aliphatic rings. The van der Waals surface area contributed by atoms with Gasteiger partial charge in [-0.05, 0) is 34.8 Å². The van der Waals surface area contributed by atoms with Crippen molar-refractivity contribution in [2.75, 3.05) is 6.61 Å². The van der Waals surface area contributed by atoms with Crippen molar-refractivity contribution in [3.63, 3.8) is 0 Å². The number of nitrogens with zero attached hydrogens (tertiary/aromatic N) is 3. The van der Waals surface area contributed by atoms with E-state index < -0.39 is 17.0 Å². The Balaban J connectivity index is 1.46. The second kappa shape index (κ2) is 8.75. The summed E-state index contributed by atoms with van der Waals surface area (Å²) in [6.45, 7) is 0.910. The molecule has 0 saturated carbocycles. The molecule has 1 atom stereocenters. The number of hydrogen-bond acceptors (Lipinski definition) is 7. The van der Waals surface area contributed by atoms with Gasteiger partial charge in [-0.15, -0.1) is 13.2 Å². The maximum Gasteiger partial charge on any atom is 0.573 e. The lowest BCUT2D eigenvalue weighted by molar-refractivity contribution is -0.389. The van der Waals surface area contributed by atoms with Gasteiger partial charge in [-0.3, -0.25) is 4.57 Å². The zero-order valence-corrected chi connectivity index (χ0v) is 16.4. The summed E-state index contributed by atoms with van der Waals surface area (Å²) in [5.41, 5.74) is 0.646. The van der Waals surface area contributed by atoms with Crippen molar-refractivity contribution in [1.82, 2.24) is 14.9 Å². The predicted octanol–water partition coefficient (Wildman–Crippen LogP) is 4.03. The zero-order valence-electron chi connectivity index (χ0n) is 16.4. The molecular formula is C20H17F3N4O5. The van der Waals surface area contributed by atoms with E-state index >= 15 is 0 Å². The molecule has 0 fully saturated rings. The molecule has 0 unspecified atom stereocenters. The molecule has 32 heavy (non-hydrogen) atoms. The van der Waals surface area contributed by atoms with Crippen LogP contribution in [0.3, 0.4) is 0 Å². The fourth-order valence-corrected chi connectivity index (χ4v) is 3.14. The maximum absolute atomic E-state index is 12.8. The second-order valence-electron chi connectivity index (χ2n) is 6.92. The average Bonchev–Trinajstić information content (AvgIpc) is 3.17. The minimum atomic E-state index is -4.86. The number of halogens is 3. The van der Waals surface area contributed by atoms with Crippen LogP contribution < -0.4 is 19.5 Å². The number of hydrogen-bond donors (Lipinski definition) is 1. The molecule has 0 spiro atoms. The predicted molar refractivity (Wildman–Crippen MR) is 105 cm³/mol. The molecule has 9 nitrogen and oxygen atoms in total. The van der Waals surface area contributed by atoms with E-state index in [1.807, 2.05) is 0 Å². The fourth-order valence-electron chi connectivity index (χ4n) is 3.14. The third kappa shape index (κ3) is 5.27. The number of para-hydroxylation sites is 1. The molecule has 1 N–H and O–H groups in total. The molecule has 0 bridgehead atoms. The van der Waals surface area contributed by atoms with E-state index in [-0.39, 0.29) is 36.8 Å². The van der Waals surface area contributed by atoms with Crippen molar-refractivity contribution in [3.05, 3.63) is 70.4 Å². The molecule has 12 heteroatoms. The summed E-state index contributed by atoms with van der Waals surface area (Å²) in [7, 11) is 0. The Labute approximate surface area is 179 Å². The molecule has 3 aromatic rings. The number of alkyl halides is 3. The third-order valence-electron chi connectivity index (χ3n) is 4.54. The number of rotatable bonds is 7. The number of nitrogens with one attached hydrogen (secondary N) is 1. The number of nitro groups is 1. The standard InChI is InChI=1S/C20H17F3N4O5/c21-20(22,23)32-16-7-6-13(8-17(16)31-15-4-2-1-3-5-15)9-24-14-10-26-11-18(27(28)29)25-19(26)30-12-14/h1-8,11,14,24H,9-10,12H2/t14-/m0/s1. The lowest BCUT2D eigenvalue weighted by atomic mass is 10.1. The number of ether oxygens (including phenoxy) is 3. The fraction of sp³-hybridized carbons (Fsp3) is 0.250. The van der Waals surface area contributed by atoms with Gasteiger partial charge < -0.3 is 29.6 Å². The van der Waals surface area contributed by atoms with E-state index in [1.54, 1.807) is 30.3 Å². The van der Waals surface area contributed by atoms with Gasteiger partial charge in [-0.25, -0.2) is 0 Å². The lowest BCUT2D eigenvalue weighted by Gasteiger charge is -2.23. The summed E-state index contributed by atoms with van der Waals surface area (Å²) < 4.78 is 55.0. The Morgan fingerprint density at radius 2 is 2.00 bits per heavy atom. The van der Waals surface area contributed by atoms with Gasteiger partial charge in [0.15, 0.2) is 11.5 Å². The Bertz CT molecular complexity index is 1100. The smallest absolute Gasteiger partial charge is 0.453 e. The van der Waals surface area contributed by atoms with E-state index in [2.05, 4.69) is 15.0 Å². The van der Waals surface area contributed by atoms with Crippen LogP contribution in [0.1, 0.15) is 5.56 Å². The molecule has 0 radical (unpaired) electrons. The third-order valence-corrected chi connectivity index (χ3v) is 4.54. The molecule has 1 aliphatic heterocycles. The van der Waals surface area contributed by atoms with Gasteiger partial charge >= 0.3 is 18.2 Å². The highest BCUT2D eigenvalue weighted by Crippen LogP contribution is 2.36. The number of fused-ring (bicyclic) bond motifs is 1. The number of imidazole rings is 1. The van der Waals surface area contributed by atoms with E-state index in [0.29, 0.717) is 17.9 Å². The monoisotopic (exact) mass is 450 g/mol. The molecular weight excluding hydrogens is 433 g/mol. The lowest BCUT2D eigenvalue weighted by Crippen LogP contribution is -2.41. The molecule has 0 saturated heterocycles. The quantitative estimate of drug-likeness (QED) is 0.428. The Hall–Kier alpha value is -3.80. The molecule has 4 rings (SSSR count). The van der Waals surface area contributed by atoms with Crippen molar-refractivity contribution in [1.29, 1.82) is 0 Å². The van der Waals surface area contributed by atoms with Crippen LogP contribution in [0.5, 0.6) is 23.3 Å². The number of benzene rings is 2. The van der Waals surface area contributed by atoms with Gasteiger partial charge in [-0.1, -0.05) is 24.3 Å². The molecule has 2 aromatic carbocycles. The minimum absolute atomic E-state index is 0.0831. The van der Waals surface area contributed by atoms with Crippen molar-refractivity contribution >= 4 is 5.82 Å². The van der Waals surface area contributed by atoms with Crippen LogP contribution in [0.25, 0.3) is 0 Å². The summed E-state index contributed by atoms with van der Waals surface area (Å²) in [5, 5.41) is 14.1. The summed E-state index contributed by atoms with van der Waals surface area (Å²) in [4.78, 5) is 14.0. The van der Waals surface area contributed by atoms with Crippen molar-refractivity contribution < 1.29 is 32.3 Å². The highest BCUT2D eigenvalue weighted by atomic mass is 19.4. The average molecular weight is 450 g/mol. The number of aromatic nitrogens is 2. The first-order valence-electron chi connectivity index (χ1n) is 9.46. The molecule has 2 heterocycles. The van der Waals surface area contributed by atoms with Crippen LogP contribution >= 0.6 is 0 Å². The first-order valence-corrected chi connectivity index (χ1v) is 9.46. The first kappa shape index (κ1) is 21.4. The van der Waals surface area contributed by atoms with Gasteiger partial charge in [0.1, 0.15) is 18.6 Å². The van der Waals surface area contributed by atoms with E-state index in [0.717, 1.165) is 0 Å². The van der Waals surface area contributed by atoms with Crippen LogP contribution in [0, 0.1) is 10.1 Å². The van der Waals surface area contributed by atoms with Crippen LogP contribution in [0.4, 0.5) is 19.0 Å². The van der Waals surface area contributed by atoms with Gasteiger partial charge in [-0.2, -0.15) is 0 Å². The van der Waals surface area contributed by atoms with Gasteiger partial charge in [0.2, 0.25) is 0 Å². The maximum atomic E-state index is 12.8. The van der Waals surface area contributed by atoms with Crippen molar-refractivity contribution in [2.45, 2.75) is 25.5 Å².